The fraction of sp³-hybridized carbons (Fsp3) is 0.533. The number of anilines is 2. The number of hydrogen-bond acceptors (Lipinski definition) is 6. The fourth-order valence-electron chi connectivity index (χ4n) is 5.23. The maximum atomic E-state index is 12.2. The maximum absolute atomic E-state index is 12.2. The summed E-state index contributed by atoms with van der Waals surface area (Å²) >= 11 is 0. The molecule has 2 amide bonds. The first-order chi connectivity index (χ1) is 18.5. The summed E-state index contributed by atoms with van der Waals surface area (Å²) in [6, 6.07) is 16.6. The number of carbonyl (C=O) groups excluding carboxylic acids is 2. The number of amides is 2. The molecule has 8 heteroatoms. The number of rotatable bonds is 11. The predicted molar refractivity (Wildman–Crippen MR) is 153 cm³/mol. The number of hydrogen-bond donors (Lipinski definition) is 4. The van der Waals surface area contributed by atoms with Crippen LogP contribution in [0.4, 0.5) is 11.4 Å². The molecule has 1 aliphatic carbocycles. The van der Waals surface area contributed by atoms with E-state index in [4.69, 9.17) is 9.84 Å². The molecule has 4 rings (SSSR count). The maximum Gasteiger partial charge on any atom is 0.251 e. The number of aliphatic hydroxyl groups is 1. The van der Waals surface area contributed by atoms with Crippen molar-refractivity contribution in [3.05, 3.63) is 59.7 Å². The van der Waals surface area contributed by atoms with E-state index < -0.39 is 0 Å². The Labute approximate surface area is 227 Å². The monoisotopic (exact) mass is 524 g/mol. The normalized spacial score (nSPS) is 18.7. The molecule has 0 radical (unpaired) electrons. The Morgan fingerprint density at radius 1 is 1.13 bits per heavy atom. The van der Waals surface area contributed by atoms with Gasteiger partial charge in [0.25, 0.3) is 5.91 Å². The van der Waals surface area contributed by atoms with Gasteiger partial charge in [-0.1, -0.05) is 37.5 Å². The second-order valence-corrected chi connectivity index (χ2v) is 10.2. The van der Waals surface area contributed by atoms with Crippen LogP contribution in [0.2, 0.25) is 0 Å². The van der Waals surface area contributed by atoms with Crippen LogP contribution in [0.25, 0.3) is 0 Å². The lowest BCUT2D eigenvalue weighted by molar-refractivity contribution is -0.109. The number of benzene rings is 2. The molecule has 0 unspecified atom stereocenters. The zero-order valence-electron chi connectivity index (χ0n) is 22.8. The lowest BCUT2D eigenvalue weighted by Crippen LogP contribution is -2.39. The summed E-state index contributed by atoms with van der Waals surface area (Å²) in [5.41, 5.74) is 4.27. The SMILES string of the molecule is CN(CCO)c1ccc(C(=O)NC2CCCCC2)cc1.COC[C@@H]1Nc2ccccc2C[C@@H]1CCNC=O. The van der Waals surface area contributed by atoms with Gasteiger partial charge >= 0.3 is 0 Å². The van der Waals surface area contributed by atoms with Crippen molar-refractivity contribution in [3.8, 4) is 0 Å². The van der Waals surface area contributed by atoms with Crippen LogP contribution >= 0.6 is 0 Å². The number of methoxy groups -OCH3 is 1. The van der Waals surface area contributed by atoms with Crippen molar-refractivity contribution in [2.24, 2.45) is 5.92 Å². The molecule has 2 atom stereocenters. The fourth-order valence-corrected chi connectivity index (χ4v) is 5.23. The third kappa shape index (κ3) is 9.03. The molecule has 0 spiro atoms. The smallest absolute Gasteiger partial charge is 0.251 e. The molecule has 1 saturated carbocycles. The zero-order valence-corrected chi connectivity index (χ0v) is 22.8. The third-order valence-electron chi connectivity index (χ3n) is 7.44. The number of fused-ring (bicyclic) bond motifs is 1. The van der Waals surface area contributed by atoms with E-state index >= 15 is 0 Å². The van der Waals surface area contributed by atoms with Gasteiger partial charge in [-0.2, -0.15) is 0 Å². The van der Waals surface area contributed by atoms with E-state index in [2.05, 4.69) is 34.1 Å². The summed E-state index contributed by atoms with van der Waals surface area (Å²) in [6.07, 6.45) is 8.69. The van der Waals surface area contributed by atoms with Gasteiger partial charge in [-0.15, -0.1) is 0 Å². The van der Waals surface area contributed by atoms with Gasteiger partial charge in [0, 0.05) is 50.2 Å². The molecule has 2 aliphatic rings. The van der Waals surface area contributed by atoms with E-state index in [1.165, 1.54) is 30.5 Å². The van der Waals surface area contributed by atoms with Crippen molar-refractivity contribution in [1.82, 2.24) is 10.6 Å². The molecule has 4 N–H and O–H groups in total. The van der Waals surface area contributed by atoms with Gasteiger partial charge < -0.3 is 30.7 Å². The summed E-state index contributed by atoms with van der Waals surface area (Å²) in [4.78, 5) is 24.4. The standard InChI is InChI=1S/C16H24N2O2.C14H20N2O2/c1-18(11-12-19)15-9-7-13(8-10-15)16(20)17-14-5-3-2-4-6-14;1-18-9-14-12(6-7-15-10-17)8-11-4-2-3-5-13(11)16-14/h7-10,14,19H,2-6,11-12H2,1H3,(H,17,20);2-5,10,12,14,16H,6-9H2,1H3,(H,15,17)/t;12-,14-/m.0/s1. The number of likely N-dealkylation sites (N-methyl/N-ethyl adjacent to an activating group) is 1. The van der Waals surface area contributed by atoms with Gasteiger partial charge in [0.15, 0.2) is 0 Å². The largest absolute Gasteiger partial charge is 0.395 e. The van der Waals surface area contributed by atoms with Crippen molar-refractivity contribution < 1.29 is 19.4 Å². The van der Waals surface area contributed by atoms with Crippen molar-refractivity contribution in [3.63, 3.8) is 0 Å². The van der Waals surface area contributed by atoms with E-state index in [1.54, 1.807) is 7.11 Å². The summed E-state index contributed by atoms with van der Waals surface area (Å²) in [5, 5.41) is 18.3. The molecule has 2 aromatic carbocycles. The van der Waals surface area contributed by atoms with E-state index in [9.17, 15) is 9.59 Å². The minimum atomic E-state index is 0.0215. The molecular formula is C30H44N4O4. The molecule has 1 fully saturated rings. The van der Waals surface area contributed by atoms with Gasteiger partial charge in [-0.25, -0.2) is 0 Å². The number of nitrogens with one attached hydrogen (secondary N) is 3. The van der Waals surface area contributed by atoms with Crippen LogP contribution in [0.5, 0.6) is 0 Å². The first-order valence-electron chi connectivity index (χ1n) is 13.8. The lowest BCUT2D eigenvalue weighted by Gasteiger charge is -2.34. The zero-order chi connectivity index (χ0) is 27.2. The van der Waals surface area contributed by atoms with Crippen molar-refractivity contribution >= 4 is 23.7 Å². The number of aliphatic hydroxyl groups excluding tert-OH is 1. The predicted octanol–water partition coefficient (Wildman–Crippen LogP) is 3.60. The summed E-state index contributed by atoms with van der Waals surface area (Å²) in [6.45, 7) is 2.13. The second kappa shape index (κ2) is 16.0. The Balaban J connectivity index is 0.000000212. The molecule has 1 heterocycles. The highest BCUT2D eigenvalue weighted by atomic mass is 16.5. The van der Waals surface area contributed by atoms with Crippen molar-refractivity contribution in [2.45, 2.75) is 57.0 Å². The molecule has 8 nitrogen and oxygen atoms in total. The first kappa shape index (κ1) is 29.5. The minimum Gasteiger partial charge on any atom is -0.395 e. The minimum absolute atomic E-state index is 0.0215. The molecular weight excluding hydrogens is 480 g/mol. The molecule has 0 aromatic heterocycles. The van der Waals surface area contributed by atoms with Gasteiger partial charge in [-0.05, 0) is 67.5 Å². The van der Waals surface area contributed by atoms with Crippen LogP contribution in [0.15, 0.2) is 48.5 Å². The van der Waals surface area contributed by atoms with Gasteiger partial charge in [0.1, 0.15) is 0 Å². The number of para-hydroxylation sites is 1. The highest BCUT2D eigenvalue weighted by Gasteiger charge is 2.27. The van der Waals surface area contributed by atoms with E-state index in [0.717, 1.165) is 44.3 Å². The van der Waals surface area contributed by atoms with Gasteiger partial charge in [0.05, 0.1) is 19.3 Å². The molecule has 208 valence electrons. The van der Waals surface area contributed by atoms with Crippen LogP contribution in [0.3, 0.4) is 0 Å². The second-order valence-electron chi connectivity index (χ2n) is 10.2. The van der Waals surface area contributed by atoms with Crippen molar-refractivity contribution in [2.75, 3.05) is 50.7 Å². The highest BCUT2D eigenvalue weighted by molar-refractivity contribution is 5.94. The summed E-state index contributed by atoms with van der Waals surface area (Å²) < 4.78 is 5.28. The first-order valence-corrected chi connectivity index (χ1v) is 13.8. The molecule has 38 heavy (non-hydrogen) atoms. The molecule has 1 aliphatic heterocycles. The van der Waals surface area contributed by atoms with Crippen LogP contribution < -0.4 is 20.9 Å². The Bertz CT molecular complexity index is 978. The highest BCUT2D eigenvalue weighted by Crippen LogP contribution is 2.30. The van der Waals surface area contributed by atoms with Crippen LogP contribution in [0, 0.1) is 5.92 Å². The van der Waals surface area contributed by atoms with Gasteiger partial charge in [0.2, 0.25) is 6.41 Å². The summed E-state index contributed by atoms with van der Waals surface area (Å²) in [7, 11) is 3.65. The van der Waals surface area contributed by atoms with Crippen molar-refractivity contribution in [1.29, 1.82) is 0 Å². The molecule has 2 aromatic rings. The lowest BCUT2D eigenvalue weighted by atomic mass is 9.85. The number of ether oxygens (including phenoxy) is 1. The van der Waals surface area contributed by atoms with Crippen LogP contribution in [-0.4, -0.2) is 70.0 Å². The Morgan fingerprint density at radius 2 is 1.87 bits per heavy atom. The molecule has 0 bridgehead atoms. The summed E-state index contributed by atoms with van der Waals surface area (Å²) in [5.74, 6) is 0.514. The molecule has 0 saturated heterocycles. The quantitative estimate of drug-likeness (QED) is 0.265. The average molecular weight is 525 g/mol. The van der Waals surface area contributed by atoms with E-state index in [0.29, 0.717) is 36.7 Å². The van der Waals surface area contributed by atoms with E-state index in [-0.39, 0.29) is 12.5 Å². The topological polar surface area (TPSA) is 103 Å². The Hall–Kier alpha value is -3.10. The third-order valence-corrected chi connectivity index (χ3v) is 7.44. The Morgan fingerprint density at radius 3 is 2.55 bits per heavy atom. The van der Waals surface area contributed by atoms with Crippen LogP contribution in [0.1, 0.15) is 54.4 Å². The average Bonchev–Trinajstić information content (AvgIpc) is 2.94. The van der Waals surface area contributed by atoms with Gasteiger partial charge in [-0.3, -0.25) is 9.59 Å². The number of nitrogens with zero attached hydrogens (tertiary/aromatic N) is 1. The Kier molecular flexibility index (Phi) is 12.4. The van der Waals surface area contributed by atoms with Crippen LogP contribution in [-0.2, 0) is 16.0 Å². The van der Waals surface area contributed by atoms with E-state index in [1.807, 2.05) is 42.3 Å². The number of carbonyl (C=O) groups is 2.